The van der Waals surface area contributed by atoms with Crippen molar-refractivity contribution in [2.45, 2.75) is 64.2 Å². The maximum atomic E-state index is 13.5. The van der Waals surface area contributed by atoms with Crippen LogP contribution in [0.3, 0.4) is 0 Å². The van der Waals surface area contributed by atoms with E-state index in [2.05, 4.69) is 23.6 Å². The molecule has 1 N–H and O–H groups in total. The van der Waals surface area contributed by atoms with E-state index in [1.165, 1.54) is 18.2 Å². The van der Waals surface area contributed by atoms with Crippen LogP contribution in [-0.4, -0.2) is 18.3 Å². The van der Waals surface area contributed by atoms with Crippen LogP contribution >= 0.6 is 11.3 Å². The van der Waals surface area contributed by atoms with Crippen LogP contribution in [0.5, 0.6) is 0 Å². The summed E-state index contributed by atoms with van der Waals surface area (Å²) in [6.45, 7) is 12.1. The predicted molar refractivity (Wildman–Crippen MR) is 126 cm³/mol. The summed E-state index contributed by atoms with van der Waals surface area (Å²) in [6, 6.07) is 8.26. The van der Waals surface area contributed by atoms with Crippen LogP contribution in [0.4, 0.5) is 10.8 Å². The quantitative estimate of drug-likeness (QED) is 0.325. The molecule has 0 amide bonds. The van der Waals surface area contributed by atoms with Gasteiger partial charge in [0.2, 0.25) is 0 Å². The highest BCUT2D eigenvalue weighted by Gasteiger charge is 2.28. The van der Waals surface area contributed by atoms with E-state index < -0.39 is 14.9 Å². The standard InChI is InChI=1S/C22H27N3O4S2/c1-12(2)15-9-17(13(3)4)21(18(10-15)14(5)6)31(28,29)24-22-23-19-8-7-16(25(26)27)11-20(19)30-22/h7-14H,1-6H3,(H,23,24). The van der Waals surface area contributed by atoms with Gasteiger partial charge in [0.05, 0.1) is 20.0 Å². The molecule has 9 heteroatoms. The van der Waals surface area contributed by atoms with Crippen LogP contribution in [0, 0.1) is 10.1 Å². The van der Waals surface area contributed by atoms with E-state index in [-0.39, 0.29) is 28.6 Å². The number of thiazole rings is 1. The minimum Gasteiger partial charge on any atom is -0.258 e. The van der Waals surface area contributed by atoms with Gasteiger partial charge in [-0.2, -0.15) is 0 Å². The minimum absolute atomic E-state index is 0.0146. The molecular weight excluding hydrogens is 434 g/mol. The molecule has 3 rings (SSSR count). The fourth-order valence-electron chi connectivity index (χ4n) is 3.44. The molecule has 166 valence electrons. The SMILES string of the molecule is CC(C)c1cc(C(C)C)c(S(=O)(=O)Nc2nc3ccc([N+](=O)[O-])cc3s2)c(C(C)C)c1. The molecule has 0 atom stereocenters. The van der Waals surface area contributed by atoms with Gasteiger partial charge in [-0.05, 0) is 40.5 Å². The highest BCUT2D eigenvalue weighted by Crippen LogP contribution is 2.37. The van der Waals surface area contributed by atoms with Gasteiger partial charge in [-0.25, -0.2) is 13.4 Å². The molecule has 31 heavy (non-hydrogen) atoms. The van der Waals surface area contributed by atoms with Gasteiger partial charge in [0.1, 0.15) is 0 Å². The molecule has 0 bridgehead atoms. The maximum Gasteiger partial charge on any atom is 0.270 e. The summed E-state index contributed by atoms with van der Waals surface area (Å²) in [4.78, 5) is 15.2. The van der Waals surface area contributed by atoms with Crippen molar-refractivity contribution in [1.82, 2.24) is 4.98 Å². The molecule has 0 radical (unpaired) electrons. The third-order valence-electron chi connectivity index (χ3n) is 5.15. The minimum atomic E-state index is -3.92. The number of fused-ring (bicyclic) bond motifs is 1. The van der Waals surface area contributed by atoms with Crippen LogP contribution in [0.1, 0.15) is 76.0 Å². The summed E-state index contributed by atoms with van der Waals surface area (Å²) in [5.74, 6) is 0.307. The van der Waals surface area contributed by atoms with Gasteiger partial charge in [0, 0.05) is 12.1 Å². The van der Waals surface area contributed by atoms with Crippen LogP contribution in [-0.2, 0) is 10.0 Å². The Hall–Kier alpha value is -2.52. The van der Waals surface area contributed by atoms with Crippen molar-refractivity contribution in [3.05, 3.63) is 57.1 Å². The Morgan fingerprint density at radius 3 is 2.03 bits per heavy atom. The van der Waals surface area contributed by atoms with Gasteiger partial charge in [-0.15, -0.1) is 0 Å². The summed E-state index contributed by atoms with van der Waals surface area (Å²) >= 11 is 1.08. The number of benzene rings is 2. The zero-order valence-corrected chi connectivity index (χ0v) is 20.1. The Balaban J connectivity index is 2.13. The molecule has 0 aliphatic rings. The maximum absolute atomic E-state index is 13.5. The molecule has 0 spiro atoms. The first-order valence-electron chi connectivity index (χ1n) is 10.2. The van der Waals surface area contributed by atoms with E-state index in [1.54, 1.807) is 0 Å². The number of sulfonamides is 1. The fraction of sp³-hybridized carbons (Fsp3) is 0.409. The van der Waals surface area contributed by atoms with Gasteiger partial charge < -0.3 is 0 Å². The van der Waals surface area contributed by atoms with Crippen molar-refractivity contribution in [2.24, 2.45) is 0 Å². The first kappa shape index (κ1) is 23.1. The van der Waals surface area contributed by atoms with Crippen molar-refractivity contribution < 1.29 is 13.3 Å². The first-order valence-corrected chi connectivity index (χ1v) is 12.5. The molecule has 1 heterocycles. The number of anilines is 1. The molecular formula is C22H27N3O4S2. The van der Waals surface area contributed by atoms with Gasteiger partial charge >= 0.3 is 0 Å². The van der Waals surface area contributed by atoms with Crippen molar-refractivity contribution in [1.29, 1.82) is 0 Å². The lowest BCUT2D eigenvalue weighted by Crippen LogP contribution is -2.19. The number of rotatable bonds is 7. The summed E-state index contributed by atoms with van der Waals surface area (Å²) in [6.07, 6.45) is 0. The largest absolute Gasteiger partial charge is 0.270 e. The van der Waals surface area contributed by atoms with E-state index in [0.29, 0.717) is 15.1 Å². The van der Waals surface area contributed by atoms with Crippen LogP contribution in [0.15, 0.2) is 35.2 Å². The number of nitrogens with zero attached hydrogens (tertiary/aromatic N) is 2. The average Bonchev–Trinajstić information content (AvgIpc) is 3.07. The molecule has 3 aromatic rings. The lowest BCUT2D eigenvalue weighted by atomic mass is 9.89. The smallest absolute Gasteiger partial charge is 0.258 e. The lowest BCUT2D eigenvalue weighted by molar-refractivity contribution is -0.384. The van der Waals surface area contributed by atoms with Crippen molar-refractivity contribution in [3.8, 4) is 0 Å². The molecule has 0 saturated carbocycles. The van der Waals surface area contributed by atoms with Crippen molar-refractivity contribution in [3.63, 3.8) is 0 Å². The van der Waals surface area contributed by atoms with E-state index in [1.807, 2.05) is 39.8 Å². The van der Waals surface area contributed by atoms with Gasteiger partial charge in [0.25, 0.3) is 15.7 Å². The third-order valence-corrected chi connectivity index (χ3v) is 7.69. The molecule has 1 aromatic heterocycles. The second kappa shape index (κ2) is 8.55. The molecule has 0 unspecified atom stereocenters. The van der Waals surface area contributed by atoms with Gasteiger partial charge in [0.15, 0.2) is 5.13 Å². The number of non-ortho nitro benzene ring substituents is 1. The van der Waals surface area contributed by atoms with Crippen molar-refractivity contribution >= 4 is 42.4 Å². The molecule has 0 aliphatic carbocycles. The van der Waals surface area contributed by atoms with Crippen LogP contribution in [0.25, 0.3) is 10.2 Å². The highest BCUT2D eigenvalue weighted by molar-refractivity contribution is 7.93. The number of hydrogen-bond donors (Lipinski definition) is 1. The zero-order chi connectivity index (χ0) is 23.1. The Morgan fingerprint density at radius 1 is 0.968 bits per heavy atom. The van der Waals surface area contributed by atoms with Gasteiger partial charge in [-0.1, -0.05) is 65.0 Å². The number of aromatic nitrogens is 1. The van der Waals surface area contributed by atoms with E-state index in [4.69, 9.17) is 0 Å². The number of nitro benzene ring substituents is 1. The Morgan fingerprint density at radius 2 is 1.55 bits per heavy atom. The predicted octanol–water partition coefficient (Wildman–Crippen LogP) is 6.38. The Kier molecular flexibility index (Phi) is 6.38. The Bertz CT molecular complexity index is 1220. The molecule has 0 saturated heterocycles. The molecule has 2 aromatic carbocycles. The summed E-state index contributed by atoms with van der Waals surface area (Å²) in [5, 5.41) is 11.2. The summed E-state index contributed by atoms with van der Waals surface area (Å²) in [5.41, 5.74) is 3.12. The molecule has 7 nitrogen and oxygen atoms in total. The Labute approximate surface area is 186 Å². The molecule has 0 aliphatic heterocycles. The number of nitro groups is 1. The average molecular weight is 462 g/mol. The van der Waals surface area contributed by atoms with Crippen LogP contribution < -0.4 is 4.72 Å². The zero-order valence-electron chi connectivity index (χ0n) is 18.5. The normalized spacial score (nSPS) is 12.3. The summed E-state index contributed by atoms with van der Waals surface area (Å²) < 4.78 is 30.2. The number of hydrogen-bond acceptors (Lipinski definition) is 6. The monoisotopic (exact) mass is 461 g/mol. The number of nitrogens with one attached hydrogen (secondary N) is 1. The van der Waals surface area contributed by atoms with E-state index >= 15 is 0 Å². The topological polar surface area (TPSA) is 102 Å². The first-order chi connectivity index (χ1) is 14.4. The lowest BCUT2D eigenvalue weighted by Gasteiger charge is -2.22. The van der Waals surface area contributed by atoms with Gasteiger partial charge in [-0.3, -0.25) is 14.8 Å². The van der Waals surface area contributed by atoms with Crippen LogP contribution in [0.2, 0.25) is 0 Å². The highest BCUT2D eigenvalue weighted by atomic mass is 32.2. The van der Waals surface area contributed by atoms with E-state index in [9.17, 15) is 18.5 Å². The molecule has 0 fully saturated rings. The van der Waals surface area contributed by atoms with Crippen molar-refractivity contribution in [2.75, 3.05) is 4.72 Å². The fourth-order valence-corrected chi connectivity index (χ4v) is 6.27. The third kappa shape index (κ3) is 4.72. The second-order valence-corrected chi connectivity index (χ2v) is 11.2. The second-order valence-electron chi connectivity index (χ2n) is 8.53. The van der Waals surface area contributed by atoms with E-state index in [0.717, 1.165) is 28.0 Å². The summed E-state index contributed by atoms with van der Waals surface area (Å²) in [7, 11) is -3.92.